The molecule has 7 heteroatoms. The molecule has 0 saturated carbocycles. The fourth-order valence-corrected chi connectivity index (χ4v) is 4.98. The SMILES string of the molecule is CCc1ccccc1NC(=O)[C@@H](NC(=O)N1C[C@@H]2C[C@H](C1)c1cccc(=O)n1C2)C(C)C. The van der Waals surface area contributed by atoms with Crippen LogP contribution in [0.2, 0.25) is 0 Å². The van der Waals surface area contributed by atoms with Gasteiger partial charge in [0, 0.05) is 43.0 Å². The molecule has 2 bridgehead atoms. The number of aryl methyl sites for hydroxylation is 1. The van der Waals surface area contributed by atoms with Crippen LogP contribution in [0.1, 0.15) is 44.4 Å². The van der Waals surface area contributed by atoms with Crippen molar-refractivity contribution in [3.05, 3.63) is 64.1 Å². The molecule has 0 aliphatic carbocycles. The summed E-state index contributed by atoms with van der Waals surface area (Å²) < 4.78 is 1.85. The molecule has 1 saturated heterocycles. The van der Waals surface area contributed by atoms with E-state index in [2.05, 4.69) is 10.6 Å². The number of fused-ring (bicyclic) bond motifs is 4. The van der Waals surface area contributed by atoms with Crippen molar-refractivity contribution in [1.29, 1.82) is 0 Å². The van der Waals surface area contributed by atoms with Gasteiger partial charge in [0.2, 0.25) is 5.91 Å². The number of rotatable bonds is 5. The third-order valence-corrected chi connectivity index (χ3v) is 6.65. The standard InChI is InChI=1S/C25H32N4O3/c1-4-18-8-5-6-9-20(18)26-24(31)23(16(2)3)27-25(32)28-13-17-12-19(15-28)21-10-7-11-22(30)29(21)14-17/h5-11,16-17,19,23H,4,12-15H2,1-3H3,(H,26,31)(H,27,32)/t17-,19+,23-/m0/s1. The zero-order chi connectivity index (χ0) is 22.8. The number of anilines is 1. The van der Waals surface area contributed by atoms with Gasteiger partial charge in [-0.25, -0.2) is 4.79 Å². The number of pyridine rings is 1. The van der Waals surface area contributed by atoms with E-state index in [0.29, 0.717) is 19.6 Å². The number of amides is 3. The minimum absolute atomic E-state index is 0.0269. The van der Waals surface area contributed by atoms with Crippen LogP contribution in [-0.4, -0.2) is 40.5 Å². The summed E-state index contributed by atoms with van der Waals surface area (Å²) in [5.41, 5.74) is 2.88. The third-order valence-electron chi connectivity index (χ3n) is 6.65. The van der Waals surface area contributed by atoms with Crippen LogP contribution in [0.4, 0.5) is 10.5 Å². The number of hydrogen-bond donors (Lipinski definition) is 2. The summed E-state index contributed by atoms with van der Waals surface area (Å²) in [6, 6.07) is 12.3. The predicted octanol–water partition coefficient (Wildman–Crippen LogP) is 3.20. The topological polar surface area (TPSA) is 83.4 Å². The van der Waals surface area contributed by atoms with E-state index in [0.717, 1.165) is 29.8 Å². The van der Waals surface area contributed by atoms with Crippen LogP contribution in [0.15, 0.2) is 47.3 Å². The van der Waals surface area contributed by atoms with Crippen molar-refractivity contribution in [3.63, 3.8) is 0 Å². The molecule has 0 radical (unpaired) electrons. The lowest BCUT2D eigenvalue weighted by Gasteiger charge is -2.43. The van der Waals surface area contributed by atoms with Gasteiger partial charge >= 0.3 is 6.03 Å². The maximum absolute atomic E-state index is 13.2. The van der Waals surface area contributed by atoms with E-state index in [1.54, 1.807) is 12.1 Å². The zero-order valence-corrected chi connectivity index (χ0v) is 19.0. The van der Waals surface area contributed by atoms with E-state index < -0.39 is 6.04 Å². The Morgan fingerprint density at radius 3 is 2.59 bits per heavy atom. The van der Waals surface area contributed by atoms with Gasteiger partial charge in [0.15, 0.2) is 0 Å². The molecule has 0 unspecified atom stereocenters. The number of carbonyl (C=O) groups excluding carboxylic acids is 2. The first-order valence-corrected chi connectivity index (χ1v) is 11.5. The minimum Gasteiger partial charge on any atom is -0.326 e. The lowest BCUT2D eigenvalue weighted by molar-refractivity contribution is -0.118. The summed E-state index contributed by atoms with van der Waals surface area (Å²) in [4.78, 5) is 40.3. The van der Waals surface area contributed by atoms with Crippen molar-refractivity contribution >= 4 is 17.6 Å². The van der Waals surface area contributed by atoms with Crippen LogP contribution < -0.4 is 16.2 Å². The lowest BCUT2D eigenvalue weighted by Crippen LogP contribution is -2.56. The van der Waals surface area contributed by atoms with E-state index in [-0.39, 0.29) is 35.3 Å². The molecule has 1 aromatic carbocycles. The van der Waals surface area contributed by atoms with Crippen molar-refractivity contribution in [2.24, 2.45) is 11.8 Å². The number of para-hydroxylation sites is 1. The van der Waals surface area contributed by atoms with Crippen LogP contribution in [0.3, 0.4) is 0 Å². The highest BCUT2D eigenvalue weighted by Crippen LogP contribution is 2.35. The lowest BCUT2D eigenvalue weighted by atomic mass is 9.83. The smallest absolute Gasteiger partial charge is 0.318 e. The predicted molar refractivity (Wildman–Crippen MR) is 125 cm³/mol. The molecule has 2 aliphatic rings. The van der Waals surface area contributed by atoms with Crippen LogP contribution >= 0.6 is 0 Å². The molecule has 32 heavy (non-hydrogen) atoms. The van der Waals surface area contributed by atoms with Crippen molar-refractivity contribution in [2.45, 2.75) is 52.1 Å². The monoisotopic (exact) mass is 436 g/mol. The number of nitrogens with zero attached hydrogens (tertiary/aromatic N) is 2. The zero-order valence-electron chi connectivity index (χ0n) is 19.0. The van der Waals surface area contributed by atoms with Crippen molar-refractivity contribution in [2.75, 3.05) is 18.4 Å². The summed E-state index contributed by atoms with van der Waals surface area (Å²) in [6.07, 6.45) is 1.80. The molecule has 2 aromatic rings. The Morgan fingerprint density at radius 2 is 1.84 bits per heavy atom. The summed E-state index contributed by atoms with van der Waals surface area (Å²) >= 11 is 0. The first-order valence-electron chi connectivity index (χ1n) is 11.5. The van der Waals surface area contributed by atoms with Crippen LogP contribution in [0, 0.1) is 11.8 Å². The molecule has 2 aliphatic heterocycles. The number of piperidine rings is 1. The van der Waals surface area contributed by atoms with Crippen LogP contribution in [-0.2, 0) is 17.8 Å². The molecule has 4 rings (SSSR count). The van der Waals surface area contributed by atoms with E-state index in [1.165, 1.54) is 0 Å². The van der Waals surface area contributed by atoms with Gasteiger partial charge in [-0.1, -0.05) is 45.0 Å². The van der Waals surface area contributed by atoms with Crippen LogP contribution in [0.25, 0.3) is 0 Å². The van der Waals surface area contributed by atoms with Gasteiger partial charge in [0.25, 0.3) is 5.56 Å². The quantitative estimate of drug-likeness (QED) is 0.755. The fraction of sp³-hybridized carbons (Fsp3) is 0.480. The number of nitrogens with one attached hydrogen (secondary N) is 2. The normalized spacial score (nSPS) is 20.4. The number of likely N-dealkylation sites (tertiary alicyclic amines) is 1. The maximum atomic E-state index is 13.2. The molecule has 0 spiro atoms. The second-order valence-corrected chi connectivity index (χ2v) is 9.27. The Bertz CT molecular complexity index is 1060. The highest BCUT2D eigenvalue weighted by Gasteiger charge is 2.37. The second kappa shape index (κ2) is 9.18. The van der Waals surface area contributed by atoms with Crippen LogP contribution in [0.5, 0.6) is 0 Å². The molecule has 3 heterocycles. The Labute approximate surface area is 188 Å². The molecule has 2 N–H and O–H groups in total. The highest BCUT2D eigenvalue weighted by molar-refractivity contribution is 5.97. The van der Waals surface area contributed by atoms with Gasteiger partial charge in [-0.2, -0.15) is 0 Å². The summed E-state index contributed by atoms with van der Waals surface area (Å²) in [5.74, 6) is 0.124. The average Bonchev–Trinajstić information content (AvgIpc) is 2.78. The molecule has 7 nitrogen and oxygen atoms in total. The number of urea groups is 1. The summed E-state index contributed by atoms with van der Waals surface area (Å²) in [7, 11) is 0. The minimum atomic E-state index is -0.635. The highest BCUT2D eigenvalue weighted by atomic mass is 16.2. The van der Waals surface area contributed by atoms with Crippen molar-refractivity contribution in [1.82, 2.24) is 14.8 Å². The molecule has 1 fully saturated rings. The Kier molecular flexibility index (Phi) is 6.35. The van der Waals surface area contributed by atoms with Gasteiger partial charge in [-0.15, -0.1) is 0 Å². The summed E-state index contributed by atoms with van der Waals surface area (Å²) in [5, 5.41) is 5.97. The van der Waals surface area contributed by atoms with E-state index in [4.69, 9.17) is 0 Å². The van der Waals surface area contributed by atoms with Gasteiger partial charge in [-0.05, 0) is 42.4 Å². The molecule has 170 valence electrons. The number of carbonyl (C=O) groups is 2. The second-order valence-electron chi connectivity index (χ2n) is 9.27. The third kappa shape index (κ3) is 4.42. The average molecular weight is 437 g/mol. The van der Waals surface area contributed by atoms with Gasteiger partial charge in [-0.3, -0.25) is 9.59 Å². The molecule has 3 amide bonds. The van der Waals surface area contributed by atoms with Crippen molar-refractivity contribution < 1.29 is 9.59 Å². The number of aromatic nitrogens is 1. The first kappa shape index (κ1) is 22.1. The molecular formula is C25H32N4O3. The number of hydrogen-bond acceptors (Lipinski definition) is 3. The van der Waals surface area contributed by atoms with Gasteiger partial charge in [0.05, 0.1) is 0 Å². The fourth-order valence-electron chi connectivity index (χ4n) is 4.98. The molecule has 1 aromatic heterocycles. The Morgan fingerprint density at radius 1 is 1.06 bits per heavy atom. The first-order chi connectivity index (χ1) is 15.4. The number of benzene rings is 1. The summed E-state index contributed by atoms with van der Waals surface area (Å²) in [6.45, 7) is 7.70. The van der Waals surface area contributed by atoms with Gasteiger partial charge in [0.1, 0.15) is 6.04 Å². The molecule has 3 atom stereocenters. The van der Waals surface area contributed by atoms with E-state index in [9.17, 15) is 14.4 Å². The van der Waals surface area contributed by atoms with E-state index in [1.807, 2.05) is 60.6 Å². The Balaban J connectivity index is 1.46. The van der Waals surface area contributed by atoms with E-state index >= 15 is 0 Å². The van der Waals surface area contributed by atoms with Gasteiger partial charge < -0.3 is 20.1 Å². The Hall–Kier alpha value is -3.09. The molecular weight excluding hydrogens is 404 g/mol. The van der Waals surface area contributed by atoms with Crippen molar-refractivity contribution in [3.8, 4) is 0 Å². The largest absolute Gasteiger partial charge is 0.326 e. The maximum Gasteiger partial charge on any atom is 0.318 e.